The average molecular weight is 462 g/mol. The molecular weight excluding hydrogens is 434 g/mol. The number of aromatic nitrogens is 3. The maximum Gasteiger partial charge on any atom is 0.267 e. The lowest BCUT2D eigenvalue weighted by Crippen LogP contribution is -2.54. The zero-order chi connectivity index (χ0) is 23.5. The number of nitrogens with one attached hydrogen (secondary N) is 1. The topological polar surface area (TPSA) is 119 Å². The van der Waals surface area contributed by atoms with Gasteiger partial charge in [0.25, 0.3) is 5.91 Å². The standard InChI is InChI=1S/C24H27N7O3/c1-16(21-27-23(25)29-24(28-21)26-17-7-3-2-4-8-17)30-11-13-31(14-12-30)22(32)20-15-33-18-9-5-6-10-19(18)34-20/h2-10,16,20H,11-15H2,1H3,(H3,25,26,27,28,29)/t16-,20-/m0/s1. The van der Waals surface area contributed by atoms with Gasteiger partial charge in [0.2, 0.25) is 18.0 Å². The molecule has 3 aromatic rings. The minimum absolute atomic E-state index is 0.0550. The number of anilines is 3. The normalized spacial score (nSPS) is 18.9. The van der Waals surface area contributed by atoms with E-state index in [1.54, 1.807) is 0 Å². The highest BCUT2D eigenvalue weighted by Crippen LogP contribution is 2.31. The van der Waals surface area contributed by atoms with E-state index < -0.39 is 6.10 Å². The van der Waals surface area contributed by atoms with Crippen LogP contribution in [0.1, 0.15) is 18.8 Å². The molecule has 0 radical (unpaired) electrons. The summed E-state index contributed by atoms with van der Waals surface area (Å²) in [6.07, 6.45) is -0.631. The molecule has 2 atom stereocenters. The second-order valence-electron chi connectivity index (χ2n) is 8.27. The number of hydrogen-bond acceptors (Lipinski definition) is 9. The third-order valence-electron chi connectivity index (χ3n) is 6.03. The molecule has 2 aromatic carbocycles. The molecule has 2 aliphatic rings. The number of nitrogen functional groups attached to an aromatic ring is 1. The Morgan fingerprint density at radius 2 is 1.71 bits per heavy atom. The Balaban J connectivity index is 1.20. The number of carbonyl (C=O) groups excluding carboxylic acids is 1. The fourth-order valence-corrected chi connectivity index (χ4v) is 4.14. The van der Waals surface area contributed by atoms with E-state index in [1.165, 1.54) is 0 Å². The number of nitrogens with two attached hydrogens (primary N) is 1. The summed E-state index contributed by atoms with van der Waals surface area (Å²) in [6.45, 7) is 4.79. The van der Waals surface area contributed by atoms with E-state index in [0.717, 1.165) is 5.69 Å². The maximum atomic E-state index is 13.0. The minimum Gasteiger partial charge on any atom is -0.485 e. The summed E-state index contributed by atoms with van der Waals surface area (Å²) in [4.78, 5) is 30.2. The summed E-state index contributed by atoms with van der Waals surface area (Å²) < 4.78 is 11.6. The summed E-state index contributed by atoms with van der Waals surface area (Å²) in [5, 5.41) is 3.17. The van der Waals surface area contributed by atoms with Gasteiger partial charge in [-0.3, -0.25) is 9.69 Å². The first-order valence-electron chi connectivity index (χ1n) is 11.3. The van der Waals surface area contributed by atoms with Crippen molar-refractivity contribution >= 4 is 23.5 Å². The van der Waals surface area contributed by atoms with Gasteiger partial charge in [-0.1, -0.05) is 30.3 Å². The molecule has 1 saturated heterocycles. The van der Waals surface area contributed by atoms with Crippen LogP contribution in [0.5, 0.6) is 11.5 Å². The first-order valence-corrected chi connectivity index (χ1v) is 11.3. The van der Waals surface area contributed by atoms with Gasteiger partial charge in [0.05, 0.1) is 6.04 Å². The molecular formula is C24H27N7O3. The number of ether oxygens (including phenoxy) is 2. The first-order chi connectivity index (χ1) is 16.6. The van der Waals surface area contributed by atoms with Crippen LogP contribution >= 0.6 is 0 Å². The Bertz CT molecular complexity index is 1150. The van der Waals surface area contributed by atoms with Crippen LogP contribution in [0.15, 0.2) is 54.6 Å². The van der Waals surface area contributed by atoms with Crippen molar-refractivity contribution < 1.29 is 14.3 Å². The van der Waals surface area contributed by atoms with Gasteiger partial charge in [0.15, 0.2) is 17.3 Å². The van der Waals surface area contributed by atoms with Crippen LogP contribution in [0.25, 0.3) is 0 Å². The third kappa shape index (κ3) is 4.72. The van der Waals surface area contributed by atoms with Crippen molar-refractivity contribution in [3.05, 3.63) is 60.4 Å². The number of piperazine rings is 1. The second kappa shape index (κ2) is 9.52. The van der Waals surface area contributed by atoms with Crippen LogP contribution in [0.3, 0.4) is 0 Å². The number of amides is 1. The predicted molar refractivity (Wildman–Crippen MR) is 127 cm³/mol. The molecule has 0 spiro atoms. The summed E-state index contributed by atoms with van der Waals surface area (Å²) >= 11 is 0. The largest absolute Gasteiger partial charge is 0.485 e. The van der Waals surface area contributed by atoms with E-state index in [0.29, 0.717) is 49.5 Å². The lowest BCUT2D eigenvalue weighted by Gasteiger charge is -2.39. The molecule has 1 fully saturated rings. The third-order valence-corrected chi connectivity index (χ3v) is 6.03. The summed E-state index contributed by atoms with van der Waals surface area (Å²) in [5.41, 5.74) is 6.83. The van der Waals surface area contributed by atoms with Crippen LogP contribution < -0.4 is 20.5 Å². The number of hydrogen-bond donors (Lipinski definition) is 2. The first kappa shape index (κ1) is 21.9. The van der Waals surface area contributed by atoms with Gasteiger partial charge in [-0.25, -0.2) is 0 Å². The highest BCUT2D eigenvalue weighted by atomic mass is 16.6. The van der Waals surface area contributed by atoms with E-state index in [9.17, 15) is 4.79 Å². The highest BCUT2D eigenvalue weighted by Gasteiger charge is 2.34. The van der Waals surface area contributed by atoms with Gasteiger partial charge in [-0.15, -0.1) is 0 Å². The predicted octanol–water partition coefficient (Wildman–Crippen LogP) is 2.24. The summed E-state index contributed by atoms with van der Waals surface area (Å²) in [6, 6.07) is 17.0. The Morgan fingerprint density at radius 3 is 2.47 bits per heavy atom. The van der Waals surface area contributed by atoms with Crippen LogP contribution in [0, 0.1) is 0 Å². The van der Waals surface area contributed by atoms with E-state index in [4.69, 9.17) is 15.2 Å². The fraction of sp³-hybridized carbons (Fsp3) is 0.333. The number of benzene rings is 2. The zero-order valence-electron chi connectivity index (χ0n) is 18.9. The molecule has 1 amide bonds. The smallest absolute Gasteiger partial charge is 0.267 e. The Kier molecular flexibility index (Phi) is 6.13. The molecule has 1 aromatic heterocycles. The molecule has 5 rings (SSSR count). The van der Waals surface area contributed by atoms with Gasteiger partial charge in [-0.05, 0) is 31.2 Å². The van der Waals surface area contributed by atoms with Crippen LogP contribution in [0.2, 0.25) is 0 Å². The monoisotopic (exact) mass is 461 g/mol. The summed E-state index contributed by atoms with van der Waals surface area (Å²) in [5.74, 6) is 2.38. The maximum absolute atomic E-state index is 13.0. The van der Waals surface area contributed by atoms with E-state index in [2.05, 4.69) is 25.2 Å². The van der Waals surface area contributed by atoms with Crippen LogP contribution in [-0.2, 0) is 4.79 Å². The average Bonchev–Trinajstić information content (AvgIpc) is 2.88. The molecule has 3 N–H and O–H groups in total. The Hall–Kier alpha value is -3.92. The minimum atomic E-state index is -0.631. The fourth-order valence-electron chi connectivity index (χ4n) is 4.14. The van der Waals surface area contributed by atoms with Crippen molar-refractivity contribution in [2.45, 2.75) is 19.1 Å². The molecule has 0 saturated carbocycles. The van der Waals surface area contributed by atoms with Crippen LogP contribution in [0.4, 0.5) is 17.6 Å². The van der Waals surface area contributed by atoms with Crippen molar-refractivity contribution in [1.29, 1.82) is 0 Å². The van der Waals surface area contributed by atoms with Crippen molar-refractivity contribution in [2.24, 2.45) is 0 Å². The zero-order valence-corrected chi connectivity index (χ0v) is 18.9. The molecule has 10 heteroatoms. The molecule has 0 bridgehead atoms. The molecule has 0 aliphatic carbocycles. The lowest BCUT2D eigenvalue weighted by atomic mass is 10.2. The van der Waals surface area contributed by atoms with Gasteiger partial charge >= 0.3 is 0 Å². The van der Waals surface area contributed by atoms with Crippen molar-refractivity contribution in [3.8, 4) is 11.5 Å². The second-order valence-corrected chi connectivity index (χ2v) is 8.27. The quantitative estimate of drug-likeness (QED) is 0.590. The van der Waals surface area contributed by atoms with Crippen molar-refractivity contribution in [2.75, 3.05) is 43.8 Å². The van der Waals surface area contributed by atoms with Gasteiger partial charge in [0.1, 0.15) is 6.61 Å². The molecule has 0 unspecified atom stereocenters. The van der Waals surface area contributed by atoms with E-state index >= 15 is 0 Å². The van der Waals surface area contributed by atoms with Crippen molar-refractivity contribution in [3.63, 3.8) is 0 Å². The molecule has 3 heterocycles. The molecule has 2 aliphatic heterocycles. The van der Waals surface area contributed by atoms with Gasteiger partial charge in [-0.2, -0.15) is 15.0 Å². The van der Waals surface area contributed by atoms with E-state index in [-0.39, 0.29) is 24.5 Å². The lowest BCUT2D eigenvalue weighted by molar-refractivity contribution is -0.143. The number of fused-ring (bicyclic) bond motifs is 1. The highest BCUT2D eigenvalue weighted by molar-refractivity contribution is 5.82. The molecule has 34 heavy (non-hydrogen) atoms. The van der Waals surface area contributed by atoms with Gasteiger partial charge < -0.3 is 25.4 Å². The Morgan fingerprint density at radius 1 is 1.00 bits per heavy atom. The van der Waals surface area contributed by atoms with Crippen molar-refractivity contribution in [1.82, 2.24) is 24.8 Å². The molecule has 10 nitrogen and oxygen atoms in total. The Labute approximate surface area is 197 Å². The van der Waals surface area contributed by atoms with E-state index in [1.807, 2.05) is 66.4 Å². The number of nitrogens with zero attached hydrogens (tertiary/aromatic N) is 5. The van der Waals surface area contributed by atoms with Gasteiger partial charge in [0, 0.05) is 31.9 Å². The summed E-state index contributed by atoms with van der Waals surface area (Å²) in [7, 11) is 0. The number of rotatable bonds is 5. The molecule has 176 valence electrons. The SMILES string of the molecule is C[C@@H](c1nc(N)nc(Nc2ccccc2)n1)N1CCN(C(=O)[C@@H]2COc3ccccc3O2)CC1. The number of carbonyl (C=O) groups is 1. The number of para-hydroxylation sites is 3. The van der Waals surface area contributed by atoms with Crippen LogP contribution in [-0.4, -0.2) is 69.5 Å².